The van der Waals surface area contributed by atoms with Gasteiger partial charge in [-0.05, 0) is 91.9 Å². The van der Waals surface area contributed by atoms with Gasteiger partial charge in [0.25, 0.3) is 0 Å². The predicted molar refractivity (Wildman–Crippen MR) is 168 cm³/mol. The van der Waals surface area contributed by atoms with E-state index in [0.717, 1.165) is 60.7 Å². The maximum absolute atomic E-state index is 4.67. The van der Waals surface area contributed by atoms with Gasteiger partial charge < -0.3 is 26.6 Å². The van der Waals surface area contributed by atoms with E-state index < -0.39 is 0 Å². The van der Waals surface area contributed by atoms with Crippen LogP contribution in [0.5, 0.6) is 0 Å². The Morgan fingerprint density at radius 2 is 1.24 bits per heavy atom. The molecule has 2 fully saturated rings. The summed E-state index contributed by atoms with van der Waals surface area (Å²) in [5.74, 6) is 1.56. The molecule has 1 aromatic heterocycles. The molecule has 0 radical (unpaired) electrons. The summed E-state index contributed by atoms with van der Waals surface area (Å²) in [6, 6.07) is 12.3. The van der Waals surface area contributed by atoms with Crippen molar-refractivity contribution in [1.82, 2.24) is 25.9 Å². The molecule has 2 aromatic rings. The lowest BCUT2D eigenvalue weighted by atomic mass is 9.95. The van der Waals surface area contributed by atoms with E-state index >= 15 is 0 Å². The number of nitrogens with one attached hydrogen (secondary N) is 5. The lowest BCUT2D eigenvalue weighted by molar-refractivity contribution is 0.371. The highest BCUT2D eigenvalue weighted by Crippen LogP contribution is 2.18. The standard InChI is InChI=1S/C30H48IN7/c31-28-21-29(35-20-8-19-34-27-11-5-2-6-12-27)38-30(37-28)36-23-25-15-13-24(14-16-25)22-32-17-7-18-33-26-9-3-1-4-10-26/h13-16,21,26-27,32-34H,1-12,17-20,22-23H2,(H2,35,36,37,38). The summed E-state index contributed by atoms with van der Waals surface area (Å²) in [5, 5.41) is 17.9. The topological polar surface area (TPSA) is 85.9 Å². The molecular formula is C30H48IN7. The number of nitrogens with zero attached hydrogens (tertiary/aromatic N) is 2. The molecule has 5 N–H and O–H groups in total. The van der Waals surface area contributed by atoms with E-state index in [0.29, 0.717) is 12.5 Å². The Morgan fingerprint density at radius 1 is 0.658 bits per heavy atom. The van der Waals surface area contributed by atoms with Gasteiger partial charge in [-0.25, -0.2) is 4.98 Å². The smallest absolute Gasteiger partial charge is 0.225 e. The van der Waals surface area contributed by atoms with Crippen LogP contribution in [0.1, 0.15) is 88.2 Å². The van der Waals surface area contributed by atoms with Crippen molar-refractivity contribution in [1.29, 1.82) is 0 Å². The van der Waals surface area contributed by atoms with E-state index in [-0.39, 0.29) is 0 Å². The molecular weight excluding hydrogens is 585 g/mol. The maximum atomic E-state index is 4.67. The molecule has 7 nitrogen and oxygen atoms in total. The zero-order valence-electron chi connectivity index (χ0n) is 23.0. The Balaban J connectivity index is 1.09. The van der Waals surface area contributed by atoms with Crippen molar-refractivity contribution in [3.05, 3.63) is 45.2 Å². The predicted octanol–water partition coefficient (Wildman–Crippen LogP) is 5.82. The molecule has 2 saturated carbocycles. The highest BCUT2D eigenvalue weighted by molar-refractivity contribution is 14.1. The van der Waals surface area contributed by atoms with Crippen LogP contribution < -0.4 is 26.6 Å². The van der Waals surface area contributed by atoms with E-state index in [1.165, 1.54) is 81.8 Å². The van der Waals surface area contributed by atoms with E-state index in [1.807, 2.05) is 6.07 Å². The highest BCUT2D eigenvalue weighted by atomic mass is 127. The van der Waals surface area contributed by atoms with Crippen molar-refractivity contribution in [2.75, 3.05) is 36.8 Å². The van der Waals surface area contributed by atoms with E-state index in [1.54, 1.807) is 0 Å². The van der Waals surface area contributed by atoms with Gasteiger partial charge in [0, 0.05) is 37.8 Å². The molecule has 0 atom stereocenters. The SMILES string of the molecule is Ic1cc(NCCCNC2CCCCC2)nc(NCc2ccc(CNCCCNC3CCCCC3)cc2)n1. The van der Waals surface area contributed by atoms with Crippen LogP contribution in [0.25, 0.3) is 0 Å². The molecule has 0 spiro atoms. The first kappa shape index (κ1) is 29.5. The first-order valence-electron chi connectivity index (χ1n) is 15.0. The number of hydrogen-bond donors (Lipinski definition) is 5. The van der Waals surface area contributed by atoms with Crippen molar-refractivity contribution in [2.24, 2.45) is 0 Å². The number of aromatic nitrogens is 2. The zero-order chi connectivity index (χ0) is 26.3. The number of halogens is 1. The van der Waals surface area contributed by atoms with Crippen LogP contribution in [0.3, 0.4) is 0 Å². The number of hydrogen-bond acceptors (Lipinski definition) is 7. The average molecular weight is 634 g/mol. The minimum atomic E-state index is 0.673. The van der Waals surface area contributed by atoms with Crippen LogP contribution in [0, 0.1) is 3.70 Å². The Morgan fingerprint density at radius 3 is 1.87 bits per heavy atom. The van der Waals surface area contributed by atoms with Gasteiger partial charge in [0.2, 0.25) is 5.95 Å². The minimum Gasteiger partial charge on any atom is -0.370 e. The van der Waals surface area contributed by atoms with Crippen LogP contribution in [-0.4, -0.2) is 48.2 Å². The first-order valence-corrected chi connectivity index (χ1v) is 16.1. The van der Waals surface area contributed by atoms with E-state index in [9.17, 15) is 0 Å². The maximum Gasteiger partial charge on any atom is 0.225 e. The molecule has 1 heterocycles. The van der Waals surface area contributed by atoms with Crippen molar-refractivity contribution in [3.8, 4) is 0 Å². The summed E-state index contributed by atoms with van der Waals surface area (Å²) < 4.78 is 0.943. The fraction of sp³-hybridized carbons (Fsp3) is 0.667. The summed E-state index contributed by atoms with van der Waals surface area (Å²) in [6.45, 7) is 5.79. The largest absolute Gasteiger partial charge is 0.370 e. The second-order valence-electron chi connectivity index (χ2n) is 11.0. The van der Waals surface area contributed by atoms with Crippen molar-refractivity contribution >= 4 is 34.4 Å². The van der Waals surface area contributed by atoms with Crippen LogP contribution in [0.15, 0.2) is 30.3 Å². The Bertz CT molecular complexity index is 911. The molecule has 0 saturated heterocycles. The number of rotatable bonds is 16. The third kappa shape index (κ3) is 11.3. The Hall–Kier alpha value is -1.49. The third-order valence-corrected chi connectivity index (χ3v) is 8.32. The monoisotopic (exact) mass is 633 g/mol. The summed E-state index contributed by atoms with van der Waals surface area (Å²) in [5.41, 5.74) is 2.56. The van der Waals surface area contributed by atoms with Crippen molar-refractivity contribution in [2.45, 2.75) is 102 Å². The van der Waals surface area contributed by atoms with E-state index in [2.05, 4.69) is 83.4 Å². The highest BCUT2D eigenvalue weighted by Gasteiger charge is 2.12. The second kappa shape index (κ2) is 17.3. The van der Waals surface area contributed by atoms with Gasteiger partial charge in [-0.3, -0.25) is 0 Å². The van der Waals surface area contributed by atoms with Gasteiger partial charge in [0.15, 0.2) is 0 Å². The number of anilines is 2. The van der Waals surface area contributed by atoms with Crippen LogP contribution in [0.2, 0.25) is 0 Å². The van der Waals surface area contributed by atoms with Crippen LogP contribution >= 0.6 is 22.6 Å². The molecule has 0 bridgehead atoms. The molecule has 2 aliphatic carbocycles. The summed E-state index contributed by atoms with van der Waals surface area (Å²) in [4.78, 5) is 9.24. The van der Waals surface area contributed by atoms with Gasteiger partial charge in [-0.15, -0.1) is 0 Å². The van der Waals surface area contributed by atoms with Crippen molar-refractivity contribution in [3.63, 3.8) is 0 Å². The molecule has 210 valence electrons. The van der Waals surface area contributed by atoms with Gasteiger partial charge in [0.05, 0.1) is 0 Å². The normalized spacial score (nSPS) is 17.0. The summed E-state index contributed by atoms with van der Waals surface area (Å²) >= 11 is 2.27. The number of benzene rings is 1. The quantitative estimate of drug-likeness (QED) is 0.0906. The Labute approximate surface area is 243 Å². The van der Waals surface area contributed by atoms with E-state index in [4.69, 9.17) is 0 Å². The molecule has 2 aliphatic rings. The van der Waals surface area contributed by atoms with Gasteiger partial charge >= 0.3 is 0 Å². The van der Waals surface area contributed by atoms with Crippen LogP contribution in [-0.2, 0) is 13.1 Å². The molecule has 0 aliphatic heterocycles. The fourth-order valence-electron chi connectivity index (χ4n) is 5.52. The second-order valence-corrected chi connectivity index (χ2v) is 12.1. The van der Waals surface area contributed by atoms with Crippen molar-refractivity contribution < 1.29 is 0 Å². The lowest BCUT2D eigenvalue weighted by Gasteiger charge is -2.22. The van der Waals surface area contributed by atoms with Gasteiger partial charge in [0.1, 0.15) is 9.52 Å². The molecule has 1 aromatic carbocycles. The fourth-order valence-corrected chi connectivity index (χ4v) is 6.04. The lowest BCUT2D eigenvalue weighted by Crippen LogP contribution is -2.33. The molecule has 0 unspecified atom stereocenters. The molecule has 38 heavy (non-hydrogen) atoms. The third-order valence-electron chi connectivity index (χ3n) is 7.76. The van der Waals surface area contributed by atoms with Gasteiger partial charge in [-0.2, -0.15) is 4.98 Å². The average Bonchev–Trinajstić information content (AvgIpc) is 2.95. The van der Waals surface area contributed by atoms with Gasteiger partial charge in [-0.1, -0.05) is 62.8 Å². The molecule has 8 heteroatoms. The summed E-state index contributed by atoms with van der Waals surface area (Å²) in [7, 11) is 0. The first-order chi connectivity index (χ1) is 18.7. The zero-order valence-corrected chi connectivity index (χ0v) is 25.2. The minimum absolute atomic E-state index is 0.673. The molecule has 4 rings (SSSR count). The van der Waals surface area contributed by atoms with Crippen LogP contribution in [0.4, 0.5) is 11.8 Å². The molecule has 0 amide bonds. The summed E-state index contributed by atoms with van der Waals surface area (Å²) in [6.07, 6.45) is 16.1. The Kier molecular flexibility index (Phi) is 13.4.